The average molecular weight is 358 g/mol. The number of ether oxygens (including phenoxy) is 1. The van der Waals surface area contributed by atoms with E-state index in [0.29, 0.717) is 19.7 Å². The molecule has 1 amide bonds. The van der Waals surface area contributed by atoms with Crippen LogP contribution in [0.2, 0.25) is 0 Å². The van der Waals surface area contributed by atoms with Gasteiger partial charge in [-0.25, -0.2) is 0 Å². The lowest BCUT2D eigenvalue weighted by atomic mass is 10.1. The second kappa shape index (κ2) is 8.89. The third-order valence-electron chi connectivity index (χ3n) is 4.21. The Bertz CT molecular complexity index is 706. The summed E-state index contributed by atoms with van der Waals surface area (Å²) in [5.74, 6) is 0.0321. The molecule has 6 heteroatoms. The second-order valence-corrected chi connectivity index (χ2v) is 6.99. The van der Waals surface area contributed by atoms with E-state index in [0.717, 1.165) is 28.8 Å². The number of amides is 1. The third kappa shape index (κ3) is 5.22. The molecule has 0 saturated carbocycles. The largest absolute Gasteiger partial charge is 0.392 e. The van der Waals surface area contributed by atoms with Crippen molar-refractivity contribution in [1.29, 1.82) is 0 Å². The normalized spacial score (nSPS) is 15.8. The molecule has 25 heavy (non-hydrogen) atoms. The van der Waals surface area contributed by atoms with Crippen LogP contribution in [0.5, 0.6) is 0 Å². The summed E-state index contributed by atoms with van der Waals surface area (Å²) in [5.41, 5.74) is 1.95. The van der Waals surface area contributed by atoms with Crippen LogP contribution in [0.3, 0.4) is 0 Å². The highest BCUT2D eigenvalue weighted by Gasteiger charge is 2.22. The number of carbonyl (C=O) groups excluding carboxylic acids is 1. The molecule has 0 radical (unpaired) electrons. The van der Waals surface area contributed by atoms with Gasteiger partial charge < -0.3 is 14.7 Å². The first-order valence-corrected chi connectivity index (χ1v) is 9.28. The van der Waals surface area contributed by atoms with Gasteiger partial charge in [0.25, 0.3) is 0 Å². The fourth-order valence-corrected chi connectivity index (χ4v) is 3.56. The number of thiophene rings is 1. The Morgan fingerprint density at radius 1 is 1.40 bits per heavy atom. The number of likely N-dealkylation sites (tertiary alicyclic amines) is 1. The summed E-state index contributed by atoms with van der Waals surface area (Å²) in [6, 6.07) is 5.81. The van der Waals surface area contributed by atoms with Gasteiger partial charge in [-0.1, -0.05) is 6.07 Å². The number of piperidine rings is 1. The van der Waals surface area contributed by atoms with Gasteiger partial charge in [0.05, 0.1) is 19.3 Å². The fourth-order valence-electron chi connectivity index (χ4n) is 2.76. The number of nitrogens with zero attached hydrogens (tertiary/aromatic N) is 2. The smallest absolute Gasteiger partial charge is 0.246 e. The van der Waals surface area contributed by atoms with E-state index < -0.39 is 0 Å². The van der Waals surface area contributed by atoms with E-state index in [1.807, 2.05) is 40.8 Å². The minimum atomic E-state index is 0.0321. The maximum Gasteiger partial charge on any atom is 0.246 e. The molecule has 1 aliphatic heterocycles. The predicted octanol–water partition coefficient (Wildman–Crippen LogP) is 2.86. The Hall–Kier alpha value is -2.02. The Morgan fingerprint density at radius 3 is 2.92 bits per heavy atom. The molecule has 3 heterocycles. The summed E-state index contributed by atoms with van der Waals surface area (Å²) in [6.45, 7) is 2.03. The quantitative estimate of drug-likeness (QED) is 0.807. The van der Waals surface area contributed by atoms with E-state index in [4.69, 9.17) is 9.84 Å². The van der Waals surface area contributed by atoms with Gasteiger partial charge in [0.1, 0.15) is 0 Å². The molecule has 1 N–H and O–H groups in total. The van der Waals surface area contributed by atoms with Crippen LogP contribution in [0.4, 0.5) is 0 Å². The van der Waals surface area contributed by atoms with E-state index in [1.165, 1.54) is 11.3 Å². The molecule has 0 unspecified atom stereocenters. The highest BCUT2D eigenvalue weighted by atomic mass is 32.1. The molecule has 0 aliphatic carbocycles. The van der Waals surface area contributed by atoms with Gasteiger partial charge in [0.2, 0.25) is 5.91 Å². The lowest BCUT2D eigenvalue weighted by Crippen LogP contribution is -2.40. The fraction of sp³-hybridized carbons (Fsp3) is 0.368. The lowest BCUT2D eigenvalue weighted by Gasteiger charge is -2.31. The van der Waals surface area contributed by atoms with Crippen LogP contribution in [0, 0.1) is 0 Å². The number of aliphatic hydroxyl groups is 1. The topological polar surface area (TPSA) is 62.7 Å². The zero-order valence-electron chi connectivity index (χ0n) is 14.0. The first kappa shape index (κ1) is 17.8. The monoisotopic (exact) mass is 358 g/mol. The summed E-state index contributed by atoms with van der Waals surface area (Å²) in [7, 11) is 0. The Labute approximate surface area is 151 Å². The number of hydrogen-bond donors (Lipinski definition) is 1. The van der Waals surface area contributed by atoms with Gasteiger partial charge in [-0.05, 0) is 47.6 Å². The van der Waals surface area contributed by atoms with Crippen LogP contribution in [-0.2, 0) is 22.7 Å². The van der Waals surface area contributed by atoms with Crippen LogP contribution in [0.1, 0.15) is 28.8 Å². The van der Waals surface area contributed by atoms with Crippen molar-refractivity contribution in [2.75, 3.05) is 13.1 Å². The number of aromatic nitrogens is 1. The third-order valence-corrected chi connectivity index (χ3v) is 5.16. The highest BCUT2D eigenvalue weighted by Crippen LogP contribution is 2.18. The first-order valence-electron chi connectivity index (χ1n) is 8.40. The number of rotatable bonds is 6. The van der Waals surface area contributed by atoms with Crippen LogP contribution in [-0.4, -0.2) is 40.1 Å². The first-order chi connectivity index (χ1) is 12.2. The molecule has 0 aromatic carbocycles. The van der Waals surface area contributed by atoms with Crippen molar-refractivity contribution in [2.45, 2.75) is 32.2 Å². The van der Waals surface area contributed by atoms with Crippen molar-refractivity contribution in [3.63, 3.8) is 0 Å². The molecular weight excluding hydrogens is 336 g/mol. The Morgan fingerprint density at radius 2 is 2.24 bits per heavy atom. The number of hydrogen-bond acceptors (Lipinski definition) is 5. The maximum atomic E-state index is 12.3. The van der Waals surface area contributed by atoms with E-state index >= 15 is 0 Å². The molecule has 0 spiro atoms. The van der Waals surface area contributed by atoms with Crippen molar-refractivity contribution < 1.29 is 14.6 Å². The van der Waals surface area contributed by atoms with Gasteiger partial charge in [-0.15, -0.1) is 11.3 Å². The van der Waals surface area contributed by atoms with Crippen molar-refractivity contribution in [2.24, 2.45) is 0 Å². The van der Waals surface area contributed by atoms with Crippen LogP contribution in [0.15, 0.2) is 42.0 Å². The SMILES string of the molecule is O=C(/C=C/c1cc(CO)cs1)N1CCC(OCc2cccnc2)CC1. The molecule has 3 rings (SSSR count). The molecular formula is C19H22N2O3S. The summed E-state index contributed by atoms with van der Waals surface area (Å²) in [4.78, 5) is 19.2. The molecule has 2 aromatic heterocycles. The van der Waals surface area contributed by atoms with Gasteiger partial charge in [-0.2, -0.15) is 0 Å². The number of carbonyl (C=O) groups is 1. The van der Waals surface area contributed by atoms with Crippen molar-refractivity contribution in [3.05, 3.63) is 58.1 Å². The molecule has 2 aromatic rings. The van der Waals surface area contributed by atoms with E-state index in [9.17, 15) is 4.79 Å². The molecule has 0 atom stereocenters. The van der Waals surface area contributed by atoms with Crippen molar-refractivity contribution in [1.82, 2.24) is 9.88 Å². The van der Waals surface area contributed by atoms with Crippen LogP contribution in [0.25, 0.3) is 6.08 Å². The Balaban J connectivity index is 1.42. The van der Waals surface area contributed by atoms with Gasteiger partial charge in [-0.3, -0.25) is 9.78 Å². The molecule has 1 aliphatic rings. The van der Waals surface area contributed by atoms with Crippen molar-refractivity contribution in [3.8, 4) is 0 Å². The number of aliphatic hydroxyl groups excluding tert-OH is 1. The van der Waals surface area contributed by atoms with Crippen LogP contribution >= 0.6 is 11.3 Å². The van der Waals surface area contributed by atoms with E-state index in [2.05, 4.69) is 4.98 Å². The minimum Gasteiger partial charge on any atom is -0.392 e. The molecule has 132 valence electrons. The standard InChI is InChI=1S/C19H22N2O3S/c22-12-16-10-18(25-14-16)3-4-19(23)21-8-5-17(6-9-21)24-13-15-2-1-7-20-11-15/h1-4,7,10-11,14,17,22H,5-6,8-9,12-13H2/b4-3+. The maximum absolute atomic E-state index is 12.3. The van der Waals surface area contributed by atoms with Crippen molar-refractivity contribution >= 4 is 23.3 Å². The van der Waals surface area contributed by atoms with Crippen LogP contribution < -0.4 is 0 Å². The summed E-state index contributed by atoms with van der Waals surface area (Å²) < 4.78 is 5.92. The average Bonchev–Trinajstić information content (AvgIpc) is 3.14. The zero-order chi connectivity index (χ0) is 17.5. The molecule has 0 bridgehead atoms. The molecule has 1 saturated heterocycles. The molecule has 5 nitrogen and oxygen atoms in total. The Kier molecular flexibility index (Phi) is 6.33. The second-order valence-electron chi connectivity index (χ2n) is 6.05. The minimum absolute atomic E-state index is 0.0321. The molecule has 1 fully saturated rings. The zero-order valence-corrected chi connectivity index (χ0v) is 14.8. The summed E-state index contributed by atoms with van der Waals surface area (Å²) in [6.07, 6.45) is 8.90. The van der Waals surface area contributed by atoms with Gasteiger partial charge in [0, 0.05) is 36.4 Å². The van der Waals surface area contributed by atoms with E-state index in [1.54, 1.807) is 12.3 Å². The summed E-state index contributed by atoms with van der Waals surface area (Å²) >= 11 is 1.53. The van der Waals surface area contributed by atoms with Gasteiger partial charge in [0.15, 0.2) is 0 Å². The number of pyridine rings is 1. The lowest BCUT2D eigenvalue weighted by molar-refractivity contribution is -0.128. The summed E-state index contributed by atoms with van der Waals surface area (Å²) in [5, 5.41) is 11.0. The van der Waals surface area contributed by atoms with Gasteiger partial charge >= 0.3 is 0 Å². The van der Waals surface area contributed by atoms with E-state index in [-0.39, 0.29) is 18.6 Å². The predicted molar refractivity (Wildman–Crippen MR) is 97.9 cm³/mol. The highest BCUT2D eigenvalue weighted by molar-refractivity contribution is 7.11.